The SMILES string of the molecule is Cc1cccc(O[Si](Oc2cccc(C)c2)(Oc2cccc(C)c2)Oc2cccc(C)c2)c1. The molecule has 0 N–H and O–H groups in total. The molecule has 0 heterocycles. The van der Waals surface area contributed by atoms with Gasteiger partial charge in [0.05, 0.1) is 0 Å². The second kappa shape index (κ2) is 9.84. The van der Waals surface area contributed by atoms with Gasteiger partial charge in [-0.25, -0.2) is 0 Å². The molecule has 0 aliphatic rings. The molecule has 0 amide bonds. The number of aryl methyl sites for hydroxylation is 4. The minimum absolute atomic E-state index is 0.620. The standard InChI is InChI=1S/C28H28O4Si/c1-21-9-5-13-25(17-21)29-33(30-26-14-6-10-22(2)18-26,31-27-15-7-11-23(3)19-27)32-28-16-8-12-24(4)20-28/h5-20H,1-4H3. The van der Waals surface area contributed by atoms with Crippen molar-refractivity contribution in [2.45, 2.75) is 27.7 Å². The summed E-state index contributed by atoms with van der Waals surface area (Å²) in [6.45, 7) is 8.06. The molecule has 168 valence electrons. The molecule has 4 nitrogen and oxygen atoms in total. The normalized spacial score (nSPS) is 11.0. The van der Waals surface area contributed by atoms with E-state index in [9.17, 15) is 0 Å². The van der Waals surface area contributed by atoms with Crippen LogP contribution in [0.3, 0.4) is 0 Å². The summed E-state index contributed by atoms with van der Waals surface area (Å²) in [6.07, 6.45) is 0. The first-order valence-corrected chi connectivity index (χ1v) is 12.6. The van der Waals surface area contributed by atoms with Crippen molar-refractivity contribution >= 4 is 9.05 Å². The molecular weight excluding hydrogens is 428 g/mol. The van der Waals surface area contributed by atoms with Crippen LogP contribution in [-0.4, -0.2) is 9.05 Å². The van der Waals surface area contributed by atoms with E-state index in [-0.39, 0.29) is 0 Å². The number of benzene rings is 4. The highest BCUT2D eigenvalue weighted by atomic mass is 28.4. The first-order chi connectivity index (χ1) is 15.9. The fourth-order valence-electron chi connectivity index (χ4n) is 3.42. The maximum absolute atomic E-state index is 6.49. The van der Waals surface area contributed by atoms with Crippen LogP contribution in [0.2, 0.25) is 0 Å². The Kier molecular flexibility index (Phi) is 6.70. The number of rotatable bonds is 8. The third-order valence-electron chi connectivity index (χ3n) is 4.93. The largest absolute Gasteiger partial charge is 0.966 e. The van der Waals surface area contributed by atoms with Crippen LogP contribution in [0, 0.1) is 27.7 Å². The van der Waals surface area contributed by atoms with Crippen molar-refractivity contribution in [1.82, 2.24) is 0 Å². The van der Waals surface area contributed by atoms with Crippen LogP contribution in [0.1, 0.15) is 22.3 Å². The van der Waals surface area contributed by atoms with Crippen LogP contribution in [0.15, 0.2) is 97.1 Å². The van der Waals surface area contributed by atoms with E-state index in [4.69, 9.17) is 17.7 Å². The van der Waals surface area contributed by atoms with Crippen molar-refractivity contribution in [2.75, 3.05) is 0 Å². The zero-order valence-corrected chi connectivity index (χ0v) is 20.4. The van der Waals surface area contributed by atoms with Gasteiger partial charge in [-0.1, -0.05) is 48.5 Å². The Morgan fingerprint density at radius 1 is 0.394 bits per heavy atom. The van der Waals surface area contributed by atoms with Crippen molar-refractivity contribution < 1.29 is 17.7 Å². The first kappa shape index (κ1) is 22.5. The van der Waals surface area contributed by atoms with Crippen LogP contribution in [0.5, 0.6) is 23.0 Å². The molecular formula is C28H28O4Si. The van der Waals surface area contributed by atoms with Gasteiger partial charge in [0.25, 0.3) is 0 Å². The summed E-state index contributed by atoms with van der Waals surface area (Å²) >= 11 is 0. The Labute approximate surface area is 196 Å². The van der Waals surface area contributed by atoms with Gasteiger partial charge in [0, 0.05) is 0 Å². The van der Waals surface area contributed by atoms with Gasteiger partial charge in [-0.15, -0.1) is 0 Å². The molecule has 0 spiro atoms. The maximum Gasteiger partial charge on any atom is 0.966 e. The van der Waals surface area contributed by atoms with E-state index in [2.05, 4.69) is 0 Å². The zero-order valence-electron chi connectivity index (χ0n) is 19.4. The third-order valence-corrected chi connectivity index (χ3v) is 6.87. The molecule has 4 aromatic carbocycles. The average Bonchev–Trinajstić information content (AvgIpc) is 2.73. The summed E-state index contributed by atoms with van der Waals surface area (Å²) in [5.74, 6) is 2.48. The molecule has 4 aromatic rings. The lowest BCUT2D eigenvalue weighted by Gasteiger charge is -2.28. The van der Waals surface area contributed by atoms with Gasteiger partial charge in [-0.3, -0.25) is 0 Å². The molecule has 0 saturated heterocycles. The predicted molar refractivity (Wildman–Crippen MR) is 133 cm³/mol. The average molecular weight is 457 g/mol. The summed E-state index contributed by atoms with van der Waals surface area (Å²) in [6, 6.07) is 31.1. The van der Waals surface area contributed by atoms with Crippen molar-refractivity contribution in [3.63, 3.8) is 0 Å². The minimum Gasteiger partial charge on any atom is -0.452 e. The smallest absolute Gasteiger partial charge is 0.452 e. The van der Waals surface area contributed by atoms with Crippen molar-refractivity contribution in [2.24, 2.45) is 0 Å². The van der Waals surface area contributed by atoms with Crippen molar-refractivity contribution in [3.8, 4) is 23.0 Å². The monoisotopic (exact) mass is 456 g/mol. The fraction of sp³-hybridized carbons (Fsp3) is 0.143. The van der Waals surface area contributed by atoms with Gasteiger partial charge in [0.1, 0.15) is 23.0 Å². The van der Waals surface area contributed by atoms with E-state index in [0.29, 0.717) is 23.0 Å². The second-order valence-electron chi connectivity index (χ2n) is 8.17. The van der Waals surface area contributed by atoms with E-state index < -0.39 is 9.05 Å². The number of hydrogen-bond acceptors (Lipinski definition) is 4. The molecule has 0 fully saturated rings. The molecule has 0 aliphatic carbocycles. The Balaban J connectivity index is 1.81. The lowest BCUT2D eigenvalue weighted by molar-refractivity contribution is 0.161. The molecule has 0 atom stereocenters. The third kappa shape index (κ3) is 6.17. The molecule has 0 saturated carbocycles. The summed E-state index contributed by atoms with van der Waals surface area (Å²) in [5, 5.41) is 0. The highest BCUT2D eigenvalue weighted by Gasteiger charge is 2.58. The molecule has 33 heavy (non-hydrogen) atoms. The van der Waals surface area contributed by atoms with Gasteiger partial charge in [-0.05, 0) is 98.5 Å². The summed E-state index contributed by atoms with van der Waals surface area (Å²) in [4.78, 5) is 0. The van der Waals surface area contributed by atoms with Gasteiger partial charge in [0.15, 0.2) is 0 Å². The topological polar surface area (TPSA) is 36.9 Å². The quantitative estimate of drug-likeness (QED) is 0.268. The fourth-order valence-corrected chi connectivity index (χ4v) is 5.33. The van der Waals surface area contributed by atoms with E-state index in [1.54, 1.807) is 0 Å². The Morgan fingerprint density at radius 3 is 0.848 bits per heavy atom. The van der Waals surface area contributed by atoms with Crippen LogP contribution in [0.25, 0.3) is 0 Å². The minimum atomic E-state index is -3.85. The lowest BCUT2D eigenvalue weighted by Crippen LogP contribution is -2.60. The van der Waals surface area contributed by atoms with E-state index >= 15 is 0 Å². The van der Waals surface area contributed by atoms with Crippen LogP contribution < -0.4 is 17.7 Å². The van der Waals surface area contributed by atoms with E-state index in [0.717, 1.165) is 22.3 Å². The van der Waals surface area contributed by atoms with E-state index in [1.807, 2.05) is 125 Å². The molecule has 5 heteroatoms. The first-order valence-electron chi connectivity index (χ1n) is 10.9. The van der Waals surface area contributed by atoms with Gasteiger partial charge in [0.2, 0.25) is 0 Å². The molecule has 0 aromatic heterocycles. The van der Waals surface area contributed by atoms with Gasteiger partial charge < -0.3 is 17.7 Å². The highest BCUT2D eigenvalue weighted by molar-refractivity contribution is 6.57. The predicted octanol–water partition coefficient (Wildman–Crippen LogP) is 6.97. The second-order valence-corrected chi connectivity index (χ2v) is 9.99. The van der Waals surface area contributed by atoms with Crippen LogP contribution >= 0.6 is 0 Å². The summed E-state index contributed by atoms with van der Waals surface area (Å²) in [7, 11) is -3.85. The van der Waals surface area contributed by atoms with Crippen LogP contribution in [0.4, 0.5) is 0 Å². The molecule has 0 aliphatic heterocycles. The molecule has 4 rings (SSSR count). The Hall–Kier alpha value is -3.70. The maximum atomic E-state index is 6.49. The van der Waals surface area contributed by atoms with E-state index in [1.165, 1.54) is 0 Å². The molecule has 0 unspecified atom stereocenters. The molecule has 0 bridgehead atoms. The number of hydrogen-bond donors (Lipinski definition) is 0. The molecule has 0 radical (unpaired) electrons. The highest BCUT2D eigenvalue weighted by Crippen LogP contribution is 2.28. The Morgan fingerprint density at radius 2 is 0.636 bits per heavy atom. The Bertz CT molecular complexity index is 1040. The summed E-state index contributed by atoms with van der Waals surface area (Å²) < 4.78 is 25.9. The van der Waals surface area contributed by atoms with Crippen LogP contribution in [-0.2, 0) is 0 Å². The van der Waals surface area contributed by atoms with Crippen molar-refractivity contribution in [3.05, 3.63) is 119 Å². The zero-order chi connectivity index (χ0) is 23.3. The summed E-state index contributed by atoms with van der Waals surface area (Å²) in [5.41, 5.74) is 4.27. The van der Waals surface area contributed by atoms with Gasteiger partial charge >= 0.3 is 9.05 Å². The van der Waals surface area contributed by atoms with Gasteiger partial charge in [-0.2, -0.15) is 0 Å². The lowest BCUT2D eigenvalue weighted by atomic mass is 10.2. The van der Waals surface area contributed by atoms with Crippen molar-refractivity contribution in [1.29, 1.82) is 0 Å².